The van der Waals surface area contributed by atoms with E-state index in [9.17, 15) is 14.4 Å². The van der Waals surface area contributed by atoms with Crippen LogP contribution in [0, 0.1) is 0 Å². The molecule has 0 unspecified atom stereocenters. The molecule has 0 saturated carbocycles. The second-order valence-corrected chi connectivity index (χ2v) is 7.26. The first kappa shape index (κ1) is 17.5. The zero-order valence-corrected chi connectivity index (χ0v) is 14.8. The predicted molar refractivity (Wildman–Crippen MR) is 94.0 cm³/mol. The zero-order chi connectivity index (χ0) is 18.0. The molecule has 6 heteroatoms. The second-order valence-electron chi connectivity index (χ2n) is 7.26. The maximum atomic E-state index is 12.2. The Morgan fingerprint density at radius 2 is 1.96 bits per heavy atom. The van der Waals surface area contributed by atoms with Crippen LogP contribution in [0.15, 0.2) is 18.2 Å². The van der Waals surface area contributed by atoms with Gasteiger partial charge in [-0.25, -0.2) is 4.79 Å². The minimum absolute atomic E-state index is 0.0838. The van der Waals surface area contributed by atoms with Gasteiger partial charge in [-0.2, -0.15) is 0 Å². The first-order chi connectivity index (χ1) is 11.9. The van der Waals surface area contributed by atoms with Crippen LogP contribution >= 0.6 is 0 Å². The van der Waals surface area contributed by atoms with Gasteiger partial charge >= 0.3 is 6.03 Å². The van der Waals surface area contributed by atoms with E-state index < -0.39 is 11.6 Å². The first-order valence-corrected chi connectivity index (χ1v) is 8.92. The van der Waals surface area contributed by atoms with Crippen LogP contribution in [0.25, 0.3) is 0 Å². The van der Waals surface area contributed by atoms with Crippen molar-refractivity contribution in [3.63, 3.8) is 0 Å². The molecule has 2 atom stereocenters. The van der Waals surface area contributed by atoms with Crippen molar-refractivity contribution < 1.29 is 14.4 Å². The molecule has 3 N–H and O–H groups in total. The van der Waals surface area contributed by atoms with Crippen LogP contribution in [0.3, 0.4) is 0 Å². The SMILES string of the molecule is C[C@H](NC(=O)CC[C@@]1(C)NC(=O)NC1=O)c1ccc2c(c1)CCCC2. The van der Waals surface area contributed by atoms with Gasteiger partial charge in [0.25, 0.3) is 5.91 Å². The summed E-state index contributed by atoms with van der Waals surface area (Å²) in [6.45, 7) is 3.60. The minimum atomic E-state index is -1.01. The molecule has 134 valence electrons. The van der Waals surface area contributed by atoms with Gasteiger partial charge in [-0.3, -0.25) is 14.9 Å². The van der Waals surface area contributed by atoms with Gasteiger partial charge in [-0.1, -0.05) is 18.2 Å². The lowest BCUT2D eigenvalue weighted by atomic mass is 9.89. The number of urea groups is 1. The van der Waals surface area contributed by atoms with Crippen molar-refractivity contribution in [3.05, 3.63) is 34.9 Å². The van der Waals surface area contributed by atoms with Gasteiger partial charge < -0.3 is 10.6 Å². The van der Waals surface area contributed by atoms with Crippen LogP contribution < -0.4 is 16.0 Å². The van der Waals surface area contributed by atoms with Crippen LogP contribution in [0.4, 0.5) is 4.79 Å². The van der Waals surface area contributed by atoms with E-state index in [4.69, 9.17) is 0 Å². The third-order valence-electron chi connectivity index (χ3n) is 5.22. The van der Waals surface area contributed by atoms with Crippen molar-refractivity contribution in [1.29, 1.82) is 0 Å². The third-order valence-corrected chi connectivity index (χ3v) is 5.22. The quantitative estimate of drug-likeness (QED) is 0.716. The molecule has 1 aromatic carbocycles. The number of carbonyl (C=O) groups excluding carboxylic acids is 3. The lowest BCUT2D eigenvalue weighted by Crippen LogP contribution is -2.44. The number of carbonyl (C=O) groups is 3. The third kappa shape index (κ3) is 3.83. The fraction of sp³-hybridized carbons (Fsp3) is 0.526. The predicted octanol–water partition coefficient (Wildman–Crippen LogP) is 2.12. The number of amides is 4. The minimum Gasteiger partial charge on any atom is -0.350 e. The van der Waals surface area contributed by atoms with Crippen molar-refractivity contribution in [1.82, 2.24) is 16.0 Å². The highest BCUT2D eigenvalue weighted by molar-refractivity contribution is 6.06. The van der Waals surface area contributed by atoms with E-state index in [0.29, 0.717) is 0 Å². The molecule has 1 aromatic rings. The van der Waals surface area contributed by atoms with E-state index in [-0.39, 0.29) is 30.7 Å². The van der Waals surface area contributed by atoms with Crippen LogP contribution in [0.5, 0.6) is 0 Å². The maximum absolute atomic E-state index is 12.2. The van der Waals surface area contributed by atoms with Gasteiger partial charge in [-0.05, 0) is 62.6 Å². The maximum Gasteiger partial charge on any atom is 0.322 e. The standard InChI is InChI=1S/C19H25N3O3/c1-12(14-8-7-13-5-3-4-6-15(13)11-14)20-16(23)9-10-19(2)17(24)21-18(25)22-19/h7-8,11-12H,3-6,9-10H2,1-2H3,(H,20,23)(H2,21,22,24,25)/t12-,19+/m0/s1. The van der Waals surface area contributed by atoms with Gasteiger partial charge in [0.2, 0.25) is 5.91 Å². The Morgan fingerprint density at radius 3 is 2.64 bits per heavy atom. The zero-order valence-electron chi connectivity index (χ0n) is 14.8. The molecule has 1 fully saturated rings. The Kier molecular flexibility index (Phi) is 4.79. The lowest BCUT2D eigenvalue weighted by Gasteiger charge is -2.22. The average Bonchev–Trinajstić information content (AvgIpc) is 2.85. The van der Waals surface area contributed by atoms with E-state index in [1.165, 1.54) is 24.0 Å². The van der Waals surface area contributed by atoms with Crippen molar-refractivity contribution in [2.75, 3.05) is 0 Å². The highest BCUT2D eigenvalue weighted by atomic mass is 16.2. The molecule has 0 aromatic heterocycles. The van der Waals surface area contributed by atoms with Gasteiger partial charge in [0.05, 0.1) is 6.04 Å². The Hall–Kier alpha value is -2.37. The molecule has 4 amide bonds. The summed E-state index contributed by atoms with van der Waals surface area (Å²) in [7, 11) is 0. The van der Waals surface area contributed by atoms with E-state index in [0.717, 1.165) is 18.4 Å². The molecular formula is C19H25N3O3. The molecule has 2 aliphatic rings. The molecule has 0 spiro atoms. The van der Waals surface area contributed by atoms with Crippen LogP contribution in [-0.2, 0) is 22.4 Å². The fourth-order valence-corrected chi connectivity index (χ4v) is 3.54. The number of hydrogen-bond acceptors (Lipinski definition) is 3. The van der Waals surface area contributed by atoms with Crippen molar-refractivity contribution >= 4 is 17.8 Å². The van der Waals surface area contributed by atoms with Crippen LogP contribution in [0.1, 0.15) is 62.3 Å². The Balaban J connectivity index is 1.56. The van der Waals surface area contributed by atoms with Crippen molar-refractivity contribution in [3.8, 4) is 0 Å². The molecular weight excluding hydrogens is 318 g/mol. The topological polar surface area (TPSA) is 87.3 Å². The molecule has 6 nitrogen and oxygen atoms in total. The molecule has 0 bridgehead atoms. The van der Waals surface area contributed by atoms with E-state index in [1.807, 2.05) is 6.92 Å². The molecule has 25 heavy (non-hydrogen) atoms. The van der Waals surface area contributed by atoms with Crippen molar-refractivity contribution in [2.24, 2.45) is 0 Å². The Morgan fingerprint density at radius 1 is 1.24 bits per heavy atom. The first-order valence-electron chi connectivity index (χ1n) is 8.92. The number of fused-ring (bicyclic) bond motifs is 1. The summed E-state index contributed by atoms with van der Waals surface area (Å²) in [5.41, 5.74) is 2.91. The summed E-state index contributed by atoms with van der Waals surface area (Å²) < 4.78 is 0. The number of hydrogen-bond donors (Lipinski definition) is 3. The van der Waals surface area contributed by atoms with E-state index in [1.54, 1.807) is 6.92 Å². The summed E-state index contributed by atoms with van der Waals surface area (Å²) in [5.74, 6) is -0.506. The molecule has 1 heterocycles. The largest absolute Gasteiger partial charge is 0.350 e. The number of aryl methyl sites for hydroxylation is 2. The van der Waals surface area contributed by atoms with Gasteiger partial charge in [0.1, 0.15) is 5.54 Å². The Labute approximate surface area is 147 Å². The molecule has 1 aliphatic heterocycles. The number of imide groups is 1. The summed E-state index contributed by atoms with van der Waals surface area (Å²) in [6, 6.07) is 5.87. The van der Waals surface area contributed by atoms with Gasteiger partial charge in [0, 0.05) is 6.42 Å². The number of benzene rings is 1. The second kappa shape index (κ2) is 6.86. The highest BCUT2D eigenvalue weighted by Crippen LogP contribution is 2.25. The average molecular weight is 343 g/mol. The highest BCUT2D eigenvalue weighted by Gasteiger charge is 2.41. The lowest BCUT2D eigenvalue weighted by molar-refractivity contribution is -0.125. The van der Waals surface area contributed by atoms with Gasteiger partial charge in [0.15, 0.2) is 0 Å². The van der Waals surface area contributed by atoms with E-state index in [2.05, 4.69) is 34.1 Å². The smallest absolute Gasteiger partial charge is 0.322 e. The van der Waals surface area contributed by atoms with E-state index >= 15 is 0 Å². The summed E-state index contributed by atoms with van der Waals surface area (Å²) in [5, 5.41) is 7.77. The molecule has 0 radical (unpaired) electrons. The fourth-order valence-electron chi connectivity index (χ4n) is 3.54. The summed E-state index contributed by atoms with van der Waals surface area (Å²) in [6.07, 6.45) is 5.18. The van der Waals surface area contributed by atoms with Gasteiger partial charge in [-0.15, -0.1) is 0 Å². The van der Waals surface area contributed by atoms with Crippen LogP contribution in [-0.4, -0.2) is 23.4 Å². The molecule has 3 rings (SSSR count). The monoisotopic (exact) mass is 343 g/mol. The Bertz CT molecular complexity index is 716. The molecule has 1 aliphatic carbocycles. The number of rotatable bonds is 5. The molecule has 1 saturated heterocycles. The van der Waals surface area contributed by atoms with Crippen LogP contribution in [0.2, 0.25) is 0 Å². The normalized spacial score (nSPS) is 23.4. The number of nitrogens with one attached hydrogen (secondary N) is 3. The summed E-state index contributed by atoms with van der Waals surface area (Å²) >= 11 is 0. The van der Waals surface area contributed by atoms with Crippen molar-refractivity contribution in [2.45, 2.75) is 64.0 Å². The summed E-state index contributed by atoms with van der Waals surface area (Å²) in [4.78, 5) is 35.3.